The van der Waals surface area contributed by atoms with Crippen molar-refractivity contribution in [3.05, 3.63) is 36.7 Å². The van der Waals surface area contributed by atoms with Gasteiger partial charge in [0.1, 0.15) is 0 Å². The summed E-state index contributed by atoms with van der Waals surface area (Å²) < 4.78 is 0. The maximum absolute atomic E-state index is 3.98. The van der Waals surface area contributed by atoms with Gasteiger partial charge < -0.3 is 5.32 Å². The van der Waals surface area contributed by atoms with Crippen molar-refractivity contribution in [2.75, 3.05) is 5.32 Å². The van der Waals surface area contributed by atoms with E-state index in [1.165, 1.54) is 18.5 Å². The van der Waals surface area contributed by atoms with Crippen LogP contribution in [0.15, 0.2) is 36.7 Å². The molecular formula is C11H14N2. The molecule has 0 bridgehead atoms. The van der Waals surface area contributed by atoms with E-state index in [-0.39, 0.29) is 0 Å². The van der Waals surface area contributed by atoms with E-state index in [2.05, 4.69) is 22.5 Å². The molecule has 1 unspecified atom stereocenters. The van der Waals surface area contributed by atoms with Crippen LogP contribution in [0.25, 0.3) is 0 Å². The topological polar surface area (TPSA) is 24.9 Å². The van der Waals surface area contributed by atoms with Gasteiger partial charge in [0.25, 0.3) is 0 Å². The molecular weight excluding hydrogens is 160 g/mol. The van der Waals surface area contributed by atoms with Crippen LogP contribution in [0.5, 0.6) is 0 Å². The second-order valence-electron chi connectivity index (χ2n) is 3.36. The molecule has 1 aromatic rings. The molecule has 0 aliphatic heterocycles. The predicted molar refractivity (Wildman–Crippen MR) is 54.6 cm³/mol. The molecule has 13 heavy (non-hydrogen) atoms. The van der Waals surface area contributed by atoms with Crippen LogP contribution in [0.3, 0.4) is 0 Å². The average Bonchev–Trinajstić information content (AvgIpc) is 2.21. The van der Waals surface area contributed by atoms with Gasteiger partial charge in [0.05, 0.1) is 0 Å². The van der Waals surface area contributed by atoms with Gasteiger partial charge in [-0.2, -0.15) is 0 Å². The first-order valence-corrected chi connectivity index (χ1v) is 4.77. The van der Waals surface area contributed by atoms with Crippen LogP contribution in [0, 0.1) is 0 Å². The summed E-state index contributed by atoms with van der Waals surface area (Å²) in [5.41, 5.74) is 1.18. The van der Waals surface area contributed by atoms with Gasteiger partial charge in [-0.3, -0.25) is 4.98 Å². The highest BCUT2D eigenvalue weighted by atomic mass is 14.9. The predicted octanol–water partition coefficient (Wildman–Crippen LogP) is 2.60. The Morgan fingerprint density at radius 3 is 2.77 bits per heavy atom. The minimum absolute atomic E-state index is 0.604. The monoisotopic (exact) mass is 174 g/mol. The summed E-state index contributed by atoms with van der Waals surface area (Å²) in [4.78, 5) is 3.98. The van der Waals surface area contributed by atoms with Crippen LogP contribution in [0.4, 0.5) is 5.69 Å². The van der Waals surface area contributed by atoms with Gasteiger partial charge in [0.15, 0.2) is 0 Å². The third-order valence-corrected chi connectivity index (χ3v) is 2.32. The van der Waals surface area contributed by atoms with Crippen LogP contribution in [-0.2, 0) is 0 Å². The Hall–Kier alpha value is -1.31. The molecule has 1 atom stereocenters. The van der Waals surface area contributed by atoms with Crippen molar-refractivity contribution in [1.82, 2.24) is 4.98 Å². The fourth-order valence-electron chi connectivity index (χ4n) is 1.61. The van der Waals surface area contributed by atoms with E-state index in [4.69, 9.17) is 0 Å². The van der Waals surface area contributed by atoms with E-state index < -0.39 is 0 Å². The van der Waals surface area contributed by atoms with Crippen molar-refractivity contribution in [2.24, 2.45) is 0 Å². The highest BCUT2D eigenvalue weighted by Gasteiger charge is 2.08. The zero-order valence-electron chi connectivity index (χ0n) is 7.61. The molecule has 2 nitrogen and oxygen atoms in total. The highest BCUT2D eigenvalue weighted by molar-refractivity contribution is 5.42. The molecule has 0 aromatic carbocycles. The molecule has 2 rings (SSSR count). The second kappa shape index (κ2) is 4.08. The summed E-state index contributed by atoms with van der Waals surface area (Å²) in [7, 11) is 0. The van der Waals surface area contributed by atoms with Crippen LogP contribution >= 0.6 is 0 Å². The number of hydrogen-bond acceptors (Lipinski definition) is 2. The summed E-state index contributed by atoms with van der Waals surface area (Å²) in [5.74, 6) is 0. The maximum atomic E-state index is 3.98. The van der Waals surface area contributed by atoms with Gasteiger partial charge in [0, 0.05) is 24.1 Å². The number of hydrogen-bond donors (Lipinski definition) is 1. The molecule has 0 saturated heterocycles. The molecule has 1 N–H and O–H groups in total. The lowest BCUT2D eigenvalue weighted by atomic mass is 10.0. The summed E-state index contributed by atoms with van der Waals surface area (Å²) in [6, 6.07) is 4.63. The summed E-state index contributed by atoms with van der Waals surface area (Å²) in [6.07, 6.45) is 11.7. The molecule has 1 heterocycles. The van der Waals surface area contributed by atoms with E-state index in [0.29, 0.717) is 6.04 Å². The molecule has 2 heteroatoms. The molecule has 68 valence electrons. The SMILES string of the molecule is C1=CCC(Nc2ccncc2)CC1. The van der Waals surface area contributed by atoms with Crippen molar-refractivity contribution < 1.29 is 0 Å². The average molecular weight is 174 g/mol. The van der Waals surface area contributed by atoms with Gasteiger partial charge >= 0.3 is 0 Å². The van der Waals surface area contributed by atoms with Crippen LogP contribution < -0.4 is 5.32 Å². The Kier molecular flexibility index (Phi) is 2.60. The third-order valence-electron chi connectivity index (χ3n) is 2.32. The number of nitrogens with zero attached hydrogens (tertiary/aromatic N) is 1. The van der Waals surface area contributed by atoms with Crippen molar-refractivity contribution in [3.63, 3.8) is 0 Å². The standard InChI is InChI=1S/C11H14N2/c1-2-4-10(5-3-1)13-11-6-8-12-9-7-11/h1-2,6-10H,3-5H2,(H,12,13). The van der Waals surface area contributed by atoms with Crippen LogP contribution in [0.2, 0.25) is 0 Å². The summed E-state index contributed by atoms with van der Waals surface area (Å²) in [6.45, 7) is 0. The number of nitrogens with one attached hydrogen (secondary N) is 1. The van der Waals surface area contributed by atoms with Crippen molar-refractivity contribution in [3.8, 4) is 0 Å². The molecule has 1 aliphatic carbocycles. The minimum atomic E-state index is 0.604. The van der Waals surface area contributed by atoms with Gasteiger partial charge in [-0.1, -0.05) is 12.2 Å². The Labute approximate surface area is 78.7 Å². The van der Waals surface area contributed by atoms with Crippen molar-refractivity contribution >= 4 is 5.69 Å². The molecule has 0 saturated carbocycles. The van der Waals surface area contributed by atoms with Gasteiger partial charge in [-0.25, -0.2) is 0 Å². The fraction of sp³-hybridized carbons (Fsp3) is 0.364. The molecule has 0 amide bonds. The van der Waals surface area contributed by atoms with E-state index in [1.807, 2.05) is 24.5 Å². The smallest absolute Gasteiger partial charge is 0.0373 e. The largest absolute Gasteiger partial charge is 0.382 e. The zero-order valence-corrected chi connectivity index (χ0v) is 7.61. The zero-order chi connectivity index (χ0) is 8.93. The number of rotatable bonds is 2. The first-order valence-electron chi connectivity index (χ1n) is 4.77. The van der Waals surface area contributed by atoms with E-state index in [1.54, 1.807) is 0 Å². The first kappa shape index (κ1) is 8.30. The van der Waals surface area contributed by atoms with E-state index in [0.717, 1.165) is 6.42 Å². The normalized spacial score (nSPS) is 21.4. The number of anilines is 1. The van der Waals surface area contributed by atoms with Gasteiger partial charge in [-0.05, 0) is 31.4 Å². The maximum Gasteiger partial charge on any atom is 0.0373 e. The lowest BCUT2D eigenvalue weighted by molar-refractivity contribution is 0.644. The van der Waals surface area contributed by atoms with Crippen molar-refractivity contribution in [2.45, 2.75) is 25.3 Å². The third kappa shape index (κ3) is 2.31. The Morgan fingerprint density at radius 2 is 2.08 bits per heavy atom. The molecule has 0 fully saturated rings. The van der Waals surface area contributed by atoms with Gasteiger partial charge in [0.2, 0.25) is 0 Å². The summed E-state index contributed by atoms with van der Waals surface area (Å²) >= 11 is 0. The summed E-state index contributed by atoms with van der Waals surface area (Å²) in [5, 5.41) is 3.49. The molecule has 0 radical (unpaired) electrons. The quantitative estimate of drug-likeness (QED) is 0.697. The van der Waals surface area contributed by atoms with Crippen molar-refractivity contribution in [1.29, 1.82) is 0 Å². The first-order chi connectivity index (χ1) is 6.45. The lowest BCUT2D eigenvalue weighted by Crippen LogP contribution is -2.20. The van der Waals surface area contributed by atoms with E-state index >= 15 is 0 Å². The Balaban J connectivity index is 1.94. The Bertz CT molecular complexity index is 279. The van der Waals surface area contributed by atoms with Gasteiger partial charge in [-0.15, -0.1) is 0 Å². The minimum Gasteiger partial charge on any atom is -0.382 e. The lowest BCUT2D eigenvalue weighted by Gasteiger charge is -2.20. The second-order valence-corrected chi connectivity index (χ2v) is 3.36. The molecule has 1 aliphatic rings. The van der Waals surface area contributed by atoms with E-state index in [9.17, 15) is 0 Å². The highest BCUT2D eigenvalue weighted by Crippen LogP contribution is 2.16. The fourth-order valence-corrected chi connectivity index (χ4v) is 1.61. The number of aromatic nitrogens is 1. The Morgan fingerprint density at radius 1 is 1.23 bits per heavy atom. The molecule has 0 spiro atoms. The molecule has 1 aromatic heterocycles. The number of allylic oxidation sites excluding steroid dienone is 1. The van der Waals surface area contributed by atoms with Crippen LogP contribution in [0.1, 0.15) is 19.3 Å². The van der Waals surface area contributed by atoms with Crippen LogP contribution in [-0.4, -0.2) is 11.0 Å². The number of pyridine rings is 1.